The average molecular weight is 411 g/mol. The topological polar surface area (TPSA) is 18.5 Å². The van der Waals surface area contributed by atoms with Crippen LogP contribution in [0.25, 0.3) is 0 Å². The number of hydrogen-bond acceptors (Lipinski definition) is 2. The fourth-order valence-electron chi connectivity index (χ4n) is 1.60. The van der Waals surface area contributed by atoms with E-state index in [1.807, 2.05) is 0 Å². The lowest BCUT2D eigenvalue weighted by atomic mass is 10.2. The first kappa shape index (κ1) is 12.6. The average Bonchev–Trinajstić information content (AvgIpc) is 2.38. The van der Waals surface area contributed by atoms with Gasteiger partial charge in [0.05, 0.1) is 19.0 Å². The molecule has 0 N–H and O–H groups in total. The lowest BCUT2D eigenvalue weighted by molar-refractivity contribution is 0.356. The predicted molar refractivity (Wildman–Crippen MR) is 78.5 cm³/mol. The Labute approximate surface area is 130 Å². The molecule has 0 saturated heterocycles. The van der Waals surface area contributed by atoms with Gasteiger partial charge in [-0.2, -0.15) is 0 Å². The molecule has 92 valence electrons. The summed E-state index contributed by atoms with van der Waals surface area (Å²) >= 11 is 18.8. The molecular weight excluding hydrogens is 407 g/mol. The molecule has 18 heavy (non-hydrogen) atoms. The van der Waals surface area contributed by atoms with E-state index in [0.717, 1.165) is 0 Å². The molecule has 2 aromatic rings. The van der Waals surface area contributed by atoms with Gasteiger partial charge < -0.3 is 9.47 Å². The van der Waals surface area contributed by atoms with E-state index in [4.69, 9.17) is 32.7 Å². The summed E-state index contributed by atoms with van der Waals surface area (Å²) in [4.78, 5) is 0. The number of fused-ring (bicyclic) bond motifs is 2. The van der Waals surface area contributed by atoms with E-state index in [9.17, 15) is 0 Å². The Balaban J connectivity index is 2.18. The maximum Gasteiger partial charge on any atom is 0.185 e. The van der Waals surface area contributed by atoms with Crippen molar-refractivity contribution in [1.82, 2.24) is 0 Å². The van der Waals surface area contributed by atoms with Gasteiger partial charge in [-0.1, -0.05) is 23.2 Å². The first-order valence-electron chi connectivity index (χ1n) is 4.89. The smallest absolute Gasteiger partial charge is 0.185 e. The fraction of sp³-hybridized carbons (Fsp3) is 0. The van der Waals surface area contributed by atoms with Crippen LogP contribution in [0.2, 0.25) is 10.0 Å². The Morgan fingerprint density at radius 1 is 0.722 bits per heavy atom. The van der Waals surface area contributed by atoms with E-state index < -0.39 is 0 Å². The second kappa shape index (κ2) is 4.60. The number of benzene rings is 2. The first-order valence-corrected chi connectivity index (χ1v) is 7.24. The summed E-state index contributed by atoms with van der Waals surface area (Å²) in [6, 6.07) is 6.96. The molecule has 0 spiro atoms. The summed E-state index contributed by atoms with van der Waals surface area (Å²) in [7, 11) is 0. The number of rotatable bonds is 0. The van der Waals surface area contributed by atoms with E-state index in [1.165, 1.54) is 0 Å². The molecule has 0 amide bonds. The first-order chi connectivity index (χ1) is 8.58. The zero-order valence-electron chi connectivity index (χ0n) is 8.64. The normalized spacial score (nSPS) is 12.2. The Hall–Kier alpha value is -0.420. The summed E-state index contributed by atoms with van der Waals surface area (Å²) in [6.07, 6.45) is 0. The Morgan fingerprint density at radius 2 is 1.11 bits per heavy atom. The molecule has 0 unspecified atom stereocenters. The third-order valence-corrected chi connectivity index (χ3v) is 5.11. The van der Waals surface area contributed by atoms with Crippen LogP contribution in [0.15, 0.2) is 33.2 Å². The molecule has 2 aromatic carbocycles. The fourth-order valence-corrected chi connectivity index (χ4v) is 2.71. The van der Waals surface area contributed by atoms with Crippen LogP contribution < -0.4 is 9.47 Å². The van der Waals surface area contributed by atoms with Gasteiger partial charge in [0, 0.05) is 0 Å². The Morgan fingerprint density at radius 3 is 1.50 bits per heavy atom. The van der Waals surface area contributed by atoms with Crippen molar-refractivity contribution in [2.75, 3.05) is 0 Å². The van der Waals surface area contributed by atoms with Crippen molar-refractivity contribution in [3.63, 3.8) is 0 Å². The molecular formula is C12H4Br2Cl2O2. The van der Waals surface area contributed by atoms with E-state index in [1.54, 1.807) is 24.3 Å². The van der Waals surface area contributed by atoms with Crippen molar-refractivity contribution in [2.45, 2.75) is 0 Å². The zero-order chi connectivity index (χ0) is 12.9. The summed E-state index contributed by atoms with van der Waals surface area (Å²) in [5.74, 6) is 2.29. The SMILES string of the molecule is Clc1ccc2c(c1Br)Oc1ccc(Cl)c(Br)c1O2. The Bertz CT molecular complexity index is 602. The number of halogens is 4. The zero-order valence-corrected chi connectivity index (χ0v) is 13.3. The second-order valence-electron chi connectivity index (χ2n) is 3.58. The quantitative estimate of drug-likeness (QED) is 0.426. The molecule has 0 radical (unpaired) electrons. The van der Waals surface area contributed by atoms with Crippen molar-refractivity contribution < 1.29 is 9.47 Å². The lowest BCUT2D eigenvalue weighted by Crippen LogP contribution is -2.00. The van der Waals surface area contributed by atoms with Gasteiger partial charge in [0.1, 0.15) is 0 Å². The highest BCUT2D eigenvalue weighted by Crippen LogP contribution is 2.53. The lowest BCUT2D eigenvalue weighted by Gasteiger charge is -2.23. The molecule has 1 aliphatic heterocycles. The van der Waals surface area contributed by atoms with Crippen LogP contribution >= 0.6 is 55.1 Å². The second-order valence-corrected chi connectivity index (χ2v) is 5.98. The molecule has 1 aliphatic rings. The third kappa shape index (κ3) is 1.92. The highest BCUT2D eigenvalue weighted by Gasteiger charge is 2.25. The maximum atomic E-state index is 6.02. The van der Waals surface area contributed by atoms with Gasteiger partial charge in [-0.25, -0.2) is 0 Å². The molecule has 0 atom stereocenters. The minimum absolute atomic E-state index is 0.559. The van der Waals surface area contributed by atoms with E-state index in [2.05, 4.69) is 31.9 Å². The van der Waals surface area contributed by atoms with Crippen molar-refractivity contribution in [3.8, 4) is 23.0 Å². The van der Waals surface area contributed by atoms with Crippen molar-refractivity contribution in [1.29, 1.82) is 0 Å². The van der Waals surface area contributed by atoms with Gasteiger partial charge in [-0.3, -0.25) is 0 Å². The molecule has 0 aromatic heterocycles. The van der Waals surface area contributed by atoms with E-state index in [0.29, 0.717) is 42.0 Å². The van der Waals surface area contributed by atoms with E-state index >= 15 is 0 Å². The highest BCUT2D eigenvalue weighted by molar-refractivity contribution is 9.11. The summed E-state index contributed by atoms with van der Waals surface area (Å²) in [5, 5.41) is 1.13. The van der Waals surface area contributed by atoms with Gasteiger partial charge in [0.25, 0.3) is 0 Å². The minimum Gasteiger partial charge on any atom is -0.448 e. The number of ether oxygens (including phenoxy) is 2. The summed E-state index contributed by atoms with van der Waals surface area (Å²) in [6.45, 7) is 0. The maximum absolute atomic E-state index is 6.02. The number of hydrogen-bond donors (Lipinski definition) is 0. The van der Waals surface area contributed by atoms with Crippen LogP contribution in [-0.2, 0) is 0 Å². The monoisotopic (exact) mass is 408 g/mol. The van der Waals surface area contributed by atoms with Gasteiger partial charge in [0.15, 0.2) is 23.0 Å². The van der Waals surface area contributed by atoms with Crippen molar-refractivity contribution in [3.05, 3.63) is 43.3 Å². The van der Waals surface area contributed by atoms with Crippen LogP contribution in [0.5, 0.6) is 23.0 Å². The predicted octanol–water partition coefficient (Wildman–Crippen LogP) is 6.42. The highest BCUT2D eigenvalue weighted by atomic mass is 79.9. The molecule has 0 fully saturated rings. The van der Waals surface area contributed by atoms with Crippen molar-refractivity contribution >= 4 is 55.1 Å². The standard InChI is InChI=1S/C12H4Br2Cl2O2/c13-9-5(15)1-3-7-11(9)18-8-4-2-6(16)10(14)12(8)17-7/h1-4H. The summed E-state index contributed by atoms with van der Waals surface area (Å²) < 4.78 is 12.9. The molecule has 0 bridgehead atoms. The molecule has 2 nitrogen and oxygen atoms in total. The molecule has 0 saturated carbocycles. The molecule has 3 rings (SSSR count). The van der Waals surface area contributed by atoms with Crippen LogP contribution in [0.1, 0.15) is 0 Å². The largest absolute Gasteiger partial charge is 0.448 e. The third-order valence-electron chi connectivity index (χ3n) is 2.45. The van der Waals surface area contributed by atoms with Gasteiger partial charge in [0.2, 0.25) is 0 Å². The molecule has 0 aliphatic carbocycles. The summed E-state index contributed by atoms with van der Waals surface area (Å²) in [5.41, 5.74) is 0. The molecule has 6 heteroatoms. The van der Waals surface area contributed by atoms with Crippen LogP contribution in [-0.4, -0.2) is 0 Å². The van der Waals surface area contributed by atoms with Gasteiger partial charge in [-0.15, -0.1) is 0 Å². The minimum atomic E-state index is 0.559. The van der Waals surface area contributed by atoms with Gasteiger partial charge in [-0.05, 0) is 56.1 Å². The van der Waals surface area contributed by atoms with Crippen molar-refractivity contribution in [2.24, 2.45) is 0 Å². The molecule has 1 heterocycles. The van der Waals surface area contributed by atoms with Crippen LogP contribution in [0, 0.1) is 0 Å². The Kier molecular flexibility index (Phi) is 3.22. The van der Waals surface area contributed by atoms with Gasteiger partial charge >= 0.3 is 0 Å². The van der Waals surface area contributed by atoms with E-state index in [-0.39, 0.29) is 0 Å². The van der Waals surface area contributed by atoms with Crippen LogP contribution in [0.4, 0.5) is 0 Å². The van der Waals surface area contributed by atoms with Crippen LogP contribution in [0.3, 0.4) is 0 Å².